The van der Waals surface area contributed by atoms with Gasteiger partial charge in [-0.1, -0.05) is 23.7 Å². The molecular weight excluding hydrogens is 268 g/mol. The van der Waals surface area contributed by atoms with Crippen LogP contribution in [0.15, 0.2) is 53.6 Å². The van der Waals surface area contributed by atoms with E-state index < -0.39 is 4.92 Å². The fourth-order valence-corrected chi connectivity index (χ4v) is 2.08. The van der Waals surface area contributed by atoms with Gasteiger partial charge in [0.2, 0.25) is 0 Å². The highest BCUT2D eigenvalue weighted by molar-refractivity contribution is 6.29. The van der Waals surface area contributed by atoms with Crippen molar-refractivity contribution in [1.82, 2.24) is 15.8 Å². The van der Waals surface area contributed by atoms with Gasteiger partial charge in [0.15, 0.2) is 0 Å². The number of nitrogens with zero attached hydrogens (tertiary/aromatic N) is 2. The van der Waals surface area contributed by atoms with E-state index >= 15 is 0 Å². The Morgan fingerprint density at radius 3 is 2.95 bits per heavy atom. The van der Waals surface area contributed by atoms with Crippen molar-refractivity contribution in [3.8, 4) is 0 Å². The third-order valence-corrected chi connectivity index (χ3v) is 3.01. The third-order valence-electron chi connectivity index (χ3n) is 2.80. The molecule has 2 aliphatic rings. The lowest BCUT2D eigenvalue weighted by Crippen LogP contribution is -2.35. The molecular formula is C12H9ClN4O2. The first kappa shape index (κ1) is 11.6. The van der Waals surface area contributed by atoms with E-state index in [1.165, 1.54) is 12.1 Å². The summed E-state index contributed by atoms with van der Waals surface area (Å²) in [5.74, 6) is 0.811. The molecule has 2 aliphatic heterocycles. The van der Waals surface area contributed by atoms with Gasteiger partial charge in [-0.3, -0.25) is 15.5 Å². The first-order valence-electron chi connectivity index (χ1n) is 5.51. The SMILES string of the molecule is O=[N+]([O-])c1cccc(C2=CNC3=CC=C(Cl)NN32)c1. The molecule has 0 amide bonds. The summed E-state index contributed by atoms with van der Waals surface area (Å²) in [5, 5.41) is 16.1. The van der Waals surface area contributed by atoms with E-state index in [0.717, 1.165) is 17.1 Å². The highest BCUT2D eigenvalue weighted by Crippen LogP contribution is 2.29. The zero-order valence-electron chi connectivity index (χ0n) is 9.63. The van der Waals surface area contributed by atoms with Crippen LogP contribution in [-0.2, 0) is 0 Å². The van der Waals surface area contributed by atoms with Crippen LogP contribution in [0.4, 0.5) is 5.69 Å². The Morgan fingerprint density at radius 1 is 1.32 bits per heavy atom. The van der Waals surface area contributed by atoms with Gasteiger partial charge in [-0.25, -0.2) is 5.01 Å². The number of hydrazine groups is 1. The Bertz CT molecular complexity index is 651. The topological polar surface area (TPSA) is 70.4 Å². The summed E-state index contributed by atoms with van der Waals surface area (Å²) in [4.78, 5) is 10.4. The van der Waals surface area contributed by atoms with Crippen molar-refractivity contribution < 1.29 is 4.92 Å². The summed E-state index contributed by atoms with van der Waals surface area (Å²) in [6, 6.07) is 6.43. The normalized spacial score (nSPS) is 16.7. The molecule has 7 heteroatoms. The van der Waals surface area contributed by atoms with E-state index in [1.54, 1.807) is 29.4 Å². The van der Waals surface area contributed by atoms with Crippen LogP contribution in [0.1, 0.15) is 5.56 Å². The second kappa shape index (κ2) is 4.33. The molecule has 0 radical (unpaired) electrons. The van der Waals surface area contributed by atoms with Gasteiger partial charge in [0.25, 0.3) is 5.69 Å². The molecule has 0 atom stereocenters. The average Bonchev–Trinajstić information content (AvgIpc) is 2.81. The van der Waals surface area contributed by atoms with E-state index in [0.29, 0.717) is 5.16 Å². The van der Waals surface area contributed by atoms with Crippen molar-refractivity contribution in [2.45, 2.75) is 0 Å². The lowest BCUT2D eigenvalue weighted by atomic mass is 10.1. The molecule has 0 aliphatic carbocycles. The lowest BCUT2D eigenvalue weighted by molar-refractivity contribution is -0.384. The number of nitrogens with one attached hydrogen (secondary N) is 2. The molecule has 2 heterocycles. The van der Waals surface area contributed by atoms with Crippen molar-refractivity contribution in [1.29, 1.82) is 0 Å². The van der Waals surface area contributed by atoms with Crippen LogP contribution < -0.4 is 10.7 Å². The molecule has 0 saturated carbocycles. The molecule has 0 bridgehead atoms. The molecule has 2 N–H and O–H groups in total. The maximum Gasteiger partial charge on any atom is 0.270 e. The molecule has 0 fully saturated rings. The van der Waals surface area contributed by atoms with E-state index in [9.17, 15) is 10.1 Å². The van der Waals surface area contributed by atoms with Gasteiger partial charge in [0, 0.05) is 23.9 Å². The molecule has 3 rings (SSSR count). The standard InChI is InChI=1S/C12H9ClN4O2/c13-11-4-5-12-14-7-10(16(12)15-11)8-2-1-3-9(6-8)17(18)19/h1-7,14-15H. The minimum absolute atomic E-state index is 0.0504. The molecule has 0 saturated heterocycles. The molecule has 0 unspecified atom stereocenters. The second-order valence-corrected chi connectivity index (χ2v) is 4.40. The summed E-state index contributed by atoms with van der Waals surface area (Å²) < 4.78 is 0. The number of nitro benzene ring substituents is 1. The first-order chi connectivity index (χ1) is 9.15. The average molecular weight is 277 g/mol. The number of halogens is 1. The first-order valence-corrected chi connectivity index (χ1v) is 5.89. The number of nitro groups is 1. The Hall–Kier alpha value is -2.47. The molecule has 0 aromatic heterocycles. The van der Waals surface area contributed by atoms with Crippen molar-refractivity contribution in [2.75, 3.05) is 0 Å². The zero-order valence-corrected chi connectivity index (χ0v) is 10.4. The van der Waals surface area contributed by atoms with Gasteiger partial charge in [-0.2, -0.15) is 0 Å². The van der Waals surface area contributed by atoms with Crippen LogP contribution in [0.25, 0.3) is 5.70 Å². The smallest absolute Gasteiger partial charge is 0.270 e. The number of benzene rings is 1. The molecule has 96 valence electrons. The number of fused-ring (bicyclic) bond motifs is 1. The van der Waals surface area contributed by atoms with Crippen LogP contribution in [0.3, 0.4) is 0 Å². The summed E-state index contributed by atoms with van der Waals surface area (Å²) >= 11 is 5.92. The Morgan fingerprint density at radius 2 is 2.16 bits per heavy atom. The van der Waals surface area contributed by atoms with Gasteiger partial charge in [-0.15, -0.1) is 0 Å². The van der Waals surface area contributed by atoms with Crippen molar-refractivity contribution in [2.24, 2.45) is 0 Å². The highest BCUT2D eigenvalue weighted by Gasteiger charge is 2.25. The van der Waals surface area contributed by atoms with Gasteiger partial charge in [0.05, 0.1) is 10.6 Å². The third kappa shape index (κ3) is 2.02. The van der Waals surface area contributed by atoms with Crippen LogP contribution in [-0.4, -0.2) is 9.93 Å². The quantitative estimate of drug-likeness (QED) is 0.492. The number of allylic oxidation sites excluding steroid dienone is 2. The van der Waals surface area contributed by atoms with Crippen LogP contribution in [0.5, 0.6) is 0 Å². The van der Waals surface area contributed by atoms with E-state index in [1.807, 2.05) is 6.08 Å². The lowest BCUT2D eigenvalue weighted by Gasteiger charge is -2.26. The molecule has 19 heavy (non-hydrogen) atoms. The number of non-ortho nitro benzene ring substituents is 1. The largest absolute Gasteiger partial charge is 0.345 e. The fourth-order valence-electron chi connectivity index (χ4n) is 1.93. The van der Waals surface area contributed by atoms with Crippen molar-refractivity contribution >= 4 is 23.0 Å². The van der Waals surface area contributed by atoms with Gasteiger partial charge in [-0.05, 0) is 12.2 Å². The number of hydrogen-bond acceptors (Lipinski definition) is 5. The zero-order chi connectivity index (χ0) is 13.4. The summed E-state index contributed by atoms with van der Waals surface area (Å²) in [7, 11) is 0. The van der Waals surface area contributed by atoms with Gasteiger partial charge >= 0.3 is 0 Å². The van der Waals surface area contributed by atoms with Crippen LogP contribution >= 0.6 is 11.6 Å². The van der Waals surface area contributed by atoms with Gasteiger partial charge < -0.3 is 5.32 Å². The summed E-state index contributed by atoms with van der Waals surface area (Å²) in [5.41, 5.74) is 4.51. The van der Waals surface area contributed by atoms with E-state index in [4.69, 9.17) is 11.6 Å². The summed E-state index contributed by atoms with van der Waals surface area (Å²) in [6.45, 7) is 0. The summed E-state index contributed by atoms with van der Waals surface area (Å²) in [6.07, 6.45) is 5.31. The van der Waals surface area contributed by atoms with Crippen molar-refractivity contribution in [3.63, 3.8) is 0 Å². The Labute approximate surface area is 113 Å². The monoisotopic (exact) mass is 276 g/mol. The molecule has 6 nitrogen and oxygen atoms in total. The van der Waals surface area contributed by atoms with E-state index in [-0.39, 0.29) is 5.69 Å². The Kier molecular flexibility index (Phi) is 2.64. The van der Waals surface area contributed by atoms with Gasteiger partial charge in [0.1, 0.15) is 11.0 Å². The number of rotatable bonds is 2. The predicted octanol–water partition coefficient (Wildman–Crippen LogP) is 2.24. The van der Waals surface area contributed by atoms with Crippen LogP contribution in [0.2, 0.25) is 0 Å². The van der Waals surface area contributed by atoms with Crippen molar-refractivity contribution in [3.05, 3.63) is 69.3 Å². The second-order valence-electron chi connectivity index (χ2n) is 4.00. The molecule has 0 spiro atoms. The minimum Gasteiger partial charge on any atom is -0.345 e. The Balaban J connectivity index is 1.96. The molecule has 1 aromatic rings. The maximum absolute atomic E-state index is 10.8. The highest BCUT2D eigenvalue weighted by atomic mass is 35.5. The predicted molar refractivity (Wildman–Crippen MR) is 71.2 cm³/mol. The number of hydrogen-bond donors (Lipinski definition) is 2. The maximum atomic E-state index is 10.8. The van der Waals surface area contributed by atoms with Crippen LogP contribution in [0, 0.1) is 10.1 Å². The molecule has 1 aromatic carbocycles. The minimum atomic E-state index is -0.417. The fraction of sp³-hybridized carbons (Fsp3) is 0. The van der Waals surface area contributed by atoms with E-state index in [2.05, 4.69) is 10.7 Å².